The fourth-order valence-corrected chi connectivity index (χ4v) is 7.82. The first-order valence-corrected chi connectivity index (χ1v) is 22.1. The second kappa shape index (κ2) is 18.4. The molecule has 19 heteroatoms. The Morgan fingerprint density at radius 1 is 0.516 bits per heavy atom. The highest BCUT2D eigenvalue weighted by Gasteiger charge is 2.17. The highest BCUT2D eigenvalue weighted by atomic mass is 32.2. The Morgan fingerprint density at radius 2 is 1.05 bits per heavy atom. The Balaban J connectivity index is 1.02. The van der Waals surface area contributed by atoms with Crippen molar-refractivity contribution in [1.29, 1.82) is 0 Å². The van der Waals surface area contributed by atoms with Crippen molar-refractivity contribution in [2.75, 3.05) is 12.8 Å². The smallest absolute Gasteiger partial charge is 0.296 e. The quantitative estimate of drug-likeness (QED) is 0.0486. The lowest BCUT2D eigenvalue weighted by Crippen LogP contribution is -2.04. The number of nitrogens with zero attached hydrogens (tertiary/aromatic N) is 8. The van der Waals surface area contributed by atoms with Crippen molar-refractivity contribution in [2.45, 2.75) is 37.0 Å². The van der Waals surface area contributed by atoms with Crippen LogP contribution in [0.1, 0.15) is 27.8 Å². The van der Waals surface area contributed by atoms with E-state index >= 15 is 0 Å². The van der Waals surface area contributed by atoms with Gasteiger partial charge in [-0.05, 0) is 133 Å². The minimum Gasteiger partial charge on any atom is -0.505 e. The minimum atomic E-state index is -4.48. The van der Waals surface area contributed by atoms with Crippen LogP contribution < -0.4 is 10.5 Å². The van der Waals surface area contributed by atoms with Gasteiger partial charge in [-0.2, -0.15) is 42.4 Å². The predicted molar refractivity (Wildman–Crippen MR) is 242 cm³/mol. The second-order valence-corrected chi connectivity index (χ2v) is 17.3. The molecule has 0 aliphatic rings. The number of aromatic hydroxyl groups is 1. The third-order valence-corrected chi connectivity index (χ3v) is 11.7. The van der Waals surface area contributed by atoms with E-state index in [0.29, 0.717) is 57.2 Å². The molecule has 0 heterocycles. The Kier molecular flexibility index (Phi) is 12.8. The molecular weight excluding hydrogens is 859 g/mol. The molecule has 0 fully saturated rings. The summed E-state index contributed by atoms with van der Waals surface area (Å²) in [5.74, 6) is 0.307. The second-order valence-electron chi connectivity index (χ2n) is 14.5. The van der Waals surface area contributed by atoms with E-state index in [1.54, 1.807) is 85.8 Å². The van der Waals surface area contributed by atoms with Crippen molar-refractivity contribution in [3.63, 3.8) is 0 Å². The number of methoxy groups -OCH3 is 1. The summed E-state index contributed by atoms with van der Waals surface area (Å²) < 4.78 is 71.4. The lowest BCUT2D eigenvalue weighted by molar-refractivity contribution is 0.416. The molecule has 0 aliphatic heterocycles. The SMILES string of the molecule is COc1cc(N=Nc2ccc(N=Nc3ccc(N=Nc4ccccc4S(=O)(=O)O)c(C)c3)c(C)c2)c(C)cc1N=Nc1ccc2cc(Cc3ccc(N)c(S(=O)(=O)O)c3)ccc2c1O. The fraction of sp³-hybridized carbons (Fsp3) is 0.111. The van der Waals surface area contributed by atoms with Gasteiger partial charge < -0.3 is 15.6 Å². The van der Waals surface area contributed by atoms with Crippen molar-refractivity contribution in [1.82, 2.24) is 0 Å². The molecule has 0 atom stereocenters. The first-order chi connectivity index (χ1) is 30.5. The van der Waals surface area contributed by atoms with Gasteiger partial charge in [0.05, 0.1) is 41.2 Å². The summed E-state index contributed by atoms with van der Waals surface area (Å²) in [6.45, 7) is 5.53. The normalized spacial score (nSPS) is 12.4. The van der Waals surface area contributed by atoms with Gasteiger partial charge in [0.1, 0.15) is 32.6 Å². The van der Waals surface area contributed by atoms with Crippen LogP contribution in [0.5, 0.6) is 11.5 Å². The van der Waals surface area contributed by atoms with Gasteiger partial charge >= 0.3 is 0 Å². The number of phenols is 1. The number of hydrogen-bond donors (Lipinski definition) is 4. The van der Waals surface area contributed by atoms with Gasteiger partial charge in [0, 0.05) is 11.5 Å². The van der Waals surface area contributed by atoms with Crippen molar-refractivity contribution in [2.24, 2.45) is 40.9 Å². The molecule has 0 saturated carbocycles. The molecule has 324 valence electrons. The van der Waals surface area contributed by atoms with Gasteiger partial charge in [-0.1, -0.05) is 42.5 Å². The molecule has 7 aromatic rings. The van der Waals surface area contributed by atoms with Crippen LogP contribution in [0.3, 0.4) is 0 Å². The van der Waals surface area contributed by atoms with Crippen molar-refractivity contribution in [3.8, 4) is 11.5 Å². The van der Waals surface area contributed by atoms with E-state index < -0.39 is 20.2 Å². The number of rotatable bonds is 13. The zero-order valence-corrected chi connectivity index (χ0v) is 36.2. The van der Waals surface area contributed by atoms with E-state index in [0.717, 1.165) is 27.6 Å². The summed E-state index contributed by atoms with van der Waals surface area (Å²) in [5.41, 5.74) is 12.8. The van der Waals surface area contributed by atoms with Gasteiger partial charge in [-0.3, -0.25) is 9.11 Å². The average molecular weight is 898 g/mol. The molecule has 0 saturated heterocycles. The summed E-state index contributed by atoms with van der Waals surface area (Å²) >= 11 is 0. The van der Waals surface area contributed by atoms with E-state index in [2.05, 4.69) is 40.9 Å². The number of ether oxygens (including phenoxy) is 1. The van der Waals surface area contributed by atoms with E-state index in [1.807, 2.05) is 26.0 Å². The largest absolute Gasteiger partial charge is 0.505 e. The summed E-state index contributed by atoms with van der Waals surface area (Å²) in [5, 5.41) is 46.9. The Bertz CT molecular complexity index is 3320. The summed E-state index contributed by atoms with van der Waals surface area (Å²) in [7, 11) is -7.44. The number of nitrogens with two attached hydrogens (primary N) is 1. The van der Waals surface area contributed by atoms with Gasteiger partial charge in [0.15, 0.2) is 5.75 Å². The number of phenolic OH excluding ortho intramolecular Hbond substituents is 1. The molecule has 0 aromatic heterocycles. The molecule has 0 unspecified atom stereocenters. The van der Waals surface area contributed by atoms with Crippen LogP contribution in [-0.4, -0.2) is 38.2 Å². The zero-order valence-electron chi connectivity index (χ0n) is 34.6. The molecule has 0 aliphatic carbocycles. The zero-order chi connectivity index (χ0) is 45.8. The number of nitrogen functional groups attached to an aromatic ring is 1. The standard InChI is InChI=1S/C45H39N9O8S2/c1-26-19-33(12-17-36(26)49-47-32-13-18-37(27(2)20-32)50-51-38-7-5-6-8-43(38)63(56,57)58)48-53-40-25-42(62-4)41(21-28(40)3)54-52-39-16-11-31-23-29(9-14-34(31)45(39)55)22-30-10-15-35(46)44(24-30)64(59,60)61/h5-21,23-25,55H,22,46H2,1-4H3,(H,56,57,58)(H,59,60,61). The summed E-state index contributed by atoms with van der Waals surface area (Å²) in [6.07, 6.45) is 0.356. The fourth-order valence-electron chi connectivity index (χ4n) is 6.53. The van der Waals surface area contributed by atoms with Crippen molar-refractivity contribution >= 4 is 82.2 Å². The summed E-state index contributed by atoms with van der Waals surface area (Å²) in [4.78, 5) is -0.689. The Hall–Kier alpha value is -7.58. The third-order valence-electron chi connectivity index (χ3n) is 9.88. The third kappa shape index (κ3) is 10.4. The van der Waals surface area contributed by atoms with Crippen LogP contribution in [0.15, 0.2) is 172 Å². The summed E-state index contributed by atoms with van der Waals surface area (Å²) in [6, 6.07) is 33.0. The molecule has 0 amide bonds. The van der Waals surface area contributed by atoms with Gasteiger partial charge in [-0.15, -0.1) is 15.3 Å². The van der Waals surface area contributed by atoms with Crippen LogP contribution in [0.4, 0.5) is 51.2 Å². The highest BCUT2D eigenvalue weighted by molar-refractivity contribution is 7.86. The number of aryl methyl sites for hydroxylation is 3. The Morgan fingerprint density at radius 3 is 1.69 bits per heavy atom. The van der Waals surface area contributed by atoms with E-state index in [1.165, 1.54) is 37.4 Å². The van der Waals surface area contributed by atoms with Gasteiger partial charge in [0.25, 0.3) is 20.2 Å². The molecule has 7 rings (SSSR count). The maximum absolute atomic E-state index is 11.7. The van der Waals surface area contributed by atoms with Crippen molar-refractivity contribution < 1.29 is 35.8 Å². The topological polar surface area (TPSA) is 263 Å². The van der Waals surface area contributed by atoms with Crippen LogP contribution >= 0.6 is 0 Å². The number of anilines is 1. The number of benzene rings is 7. The van der Waals surface area contributed by atoms with Gasteiger partial charge in [-0.25, -0.2) is 0 Å². The molecule has 7 aromatic carbocycles. The van der Waals surface area contributed by atoms with Crippen LogP contribution in [0.25, 0.3) is 10.8 Å². The molecular formula is C45H39N9O8S2. The van der Waals surface area contributed by atoms with E-state index in [-0.39, 0.29) is 32.6 Å². The van der Waals surface area contributed by atoms with Gasteiger partial charge in [0.2, 0.25) is 0 Å². The monoisotopic (exact) mass is 897 g/mol. The molecule has 0 bridgehead atoms. The molecule has 0 spiro atoms. The highest BCUT2D eigenvalue weighted by Crippen LogP contribution is 2.40. The molecule has 64 heavy (non-hydrogen) atoms. The molecule has 5 N–H and O–H groups in total. The average Bonchev–Trinajstić information content (AvgIpc) is 3.25. The van der Waals surface area contributed by atoms with Crippen LogP contribution in [0, 0.1) is 20.8 Å². The molecule has 17 nitrogen and oxygen atoms in total. The van der Waals surface area contributed by atoms with Crippen LogP contribution in [-0.2, 0) is 26.7 Å². The lowest BCUT2D eigenvalue weighted by Gasteiger charge is -2.09. The Labute approximate surface area is 368 Å². The van der Waals surface area contributed by atoms with E-state index in [4.69, 9.17) is 10.5 Å². The minimum absolute atomic E-state index is 0.0102. The van der Waals surface area contributed by atoms with Crippen LogP contribution in [0.2, 0.25) is 0 Å². The number of azo groups is 4. The first-order valence-electron chi connectivity index (χ1n) is 19.2. The molecule has 0 radical (unpaired) electrons. The number of hydrogen-bond acceptors (Lipinski definition) is 15. The maximum atomic E-state index is 11.7. The van der Waals surface area contributed by atoms with Crippen molar-refractivity contribution in [3.05, 3.63) is 149 Å². The maximum Gasteiger partial charge on any atom is 0.296 e. The first kappa shape index (κ1) is 44.5. The number of fused-ring (bicyclic) bond motifs is 1. The predicted octanol–water partition coefficient (Wildman–Crippen LogP) is 12.8. The lowest BCUT2D eigenvalue weighted by atomic mass is 10.00. The van der Waals surface area contributed by atoms with E-state index in [9.17, 15) is 31.0 Å².